The third-order valence-electron chi connectivity index (χ3n) is 3.63. The summed E-state index contributed by atoms with van der Waals surface area (Å²) < 4.78 is 42.4. The lowest BCUT2D eigenvalue weighted by Crippen LogP contribution is -2.46. The Hall–Kier alpha value is -1.67. The van der Waals surface area contributed by atoms with Crippen LogP contribution in [0.25, 0.3) is 0 Å². The van der Waals surface area contributed by atoms with Gasteiger partial charge in [-0.1, -0.05) is 0 Å². The van der Waals surface area contributed by atoms with Crippen molar-refractivity contribution in [3.05, 3.63) is 24.0 Å². The molecule has 1 saturated heterocycles. The largest absolute Gasteiger partial charge is 0.433 e. The molecule has 2 rings (SSSR count). The fraction of sp³-hybridized carbons (Fsp3) is 0.538. The summed E-state index contributed by atoms with van der Waals surface area (Å²) in [5.74, 6) is -0.310. The summed E-state index contributed by atoms with van der Waals surface area (Å²) in [6.07, 6.45) is -2.53. The number of ether oxygens (including phenoxy) is 1. The number of aromatic nitrogens is 1. The maximum Gasteiger partial charge on any atom is 0.433 e. The van der Waals surface area contributed by atoms with Crippen LogP contribution in [0.5, 0.6) is 0 Å². The molecule has 1 fully saturated rings. The van der Waals surface area contributed by atoms with Gasteiger partial charge in [-0.3, -0.25) is 4.79 Å². The number of rotatable bonds is 3. The van der Waals surface area contributed by atoms with Crippen molar-refractivity contribution in [2.24, 2.45) is 11.1 Å². The van der Waals surface area contributed by atoms with Crippen molar-refractivity contribution in [1.29, 1.82) is 0 Å². The molecule has 1 aromatic rings. The number of nitrogens with zero attached hydrogens (tertiary/aromatic N) is 1. The molecule has 3 N–H and O–H groups in total. The molecule has 0 atom stereocenters. The van der Waals surface area contributed by atoms with Crippen molar-refractivity contribution in [2.45, 2.75) is 19.0 Å². The van der Waals surface area contributed by atoms with Gasteiger partial charge in [0.1, 0.15) is 5.69 Å². The van der Waals surface area contributed by atoms with E-state index < -0.39 is 17.3 Å². The molecule has 0 saturated carbocycles. The van der Waals surface area contributed by atoms with Crippen LogP contribution in [0.4, 0.5) is 18.9 Å². The van der Waals surface area contributed by atoms with Crippen molar-refractivity contribution in [3.63, 3.8) is 0 Å². The summed E-state index contributed by atoms with van der Waals surface area (Å²) in [7, 11) is 0. The minimum Gasteiger partial charge on any atom is -0.381 e. The number of nitrogens with one attached hydrogen (secondary N) is 1. The molecule has 21 heavy (non-hydrogen) atoms. The number of alkyl halides is 3. The van der Waals surface area contributed by atoms with Crippen LogP contribution in [-0.4, -0.2) is 30.6 Å². The van der Waals surface area contributed by atoms with Gasteiger partial charge in [0.15, 0.2) is 0 Å². The standard InChI is InChI=1S/C13H16F3N3O2/c14-13(15,16)10-2-1-9(7-18-10)19-11(20)12(8-17)3-5-21-6-4-12/h1-2,7H,3-6,8,17H2,(H,19,20). The maximum absolute atomic E-state index is 12.4. The highest BCUT2D eigenvalue weighted by molar-refractivity contribution is 5.95. The van der Waals surface area contributed by atoms with Crippen LogP contribution in [0.1, 0.15) is 18.5 Å². The predicted octanol–water partition coefficient (Wildman–Crippen LogP) is 1.79. The first-order valence-electron chi connectivity index (χ1n) is 6.50. The van der Waals surface area contributed by atoms with Crippen molar-refractivity contribution in [2.75, 3.05) is 25.1 Å². The average molecular weight is 303 g/mol. The molecule has 0 unspecified atom stereocenters. The van der Waals surface area contributed by atoms with Crippen molar-refractivity contribution >= 4 is 11.6 Å². The monoisotopic (exact) mass is 303 g/mol. The Labute approximate surface area is 119 Å². The summed E-state index contributed by atoms with van der Waals surface area (Å²) in [6, 6.07) is 2.01. The Morgan fingerprint density at radius 3 is 2.52 bits per heavy atom. The zero-order valence-corrected chi connectivity index (χ0v) is 11.2. The number of anilines is 1. The van der Waals surface area contributed by atoms with Gasteiger partial charge in [-0.05, 0) is 25.0 Å². The molecule has 5 nitrogen and oxygen atoms in total. The molecule has 116 valence electrons. The molecule has 1 aliphatic rings. The van der Waals surface area contributed by atoms with Crippen LogP contribution in [0.3, 0.4) is 0 Å². The Morgan fingerprint density at radius 1 is 1.38 bits per heavy atom. The van der Waals surface area contributed by atoms with E-state index >= 15 is 0 Å². The fourth-order valence-corrected chi connectivity index (χ4v) is 2.19. The molecule has 0 bridgehead atoms. The number of carbonyl (C=O) groups excluding carboxylic acids is 1. The second kappa shape index (κ2) is 5.98. The first-order chi connectivity index (χ1) is 9.87. The SMILES string of the molecule is NCC1(C(=O)Nc2ccc(C(F)(F)F)nc2)CCOCC1. The quantitative estimate of drug-likeness (QED) is 0.892. The minimum atomic E-state index is -4.50. The van der Waals surface area contributed by atoms with Crippen LogP contribution in [-0.2, 0) is 15.7 Å². The molecule has 0 aromatic carbocycles. The van der Waals surface area contributed by atoms with Crippen LogP contribution < -0.4 is 11.1 Å². The number of hydrogen-bond acceptors (Lipinski definition) is 4. The Bertz CT molecular complexity index is 496. The molecule has 1 aromatic heterocycles. The van der Waals surface area contributed by atoms with E-state index in [1.165, 1.54) is 6.07 Å². The Balaban J connectivity index is 2.08. The van der Waals surface area contributed by atoms with Crippen molar-refractivity contribution in [1.82, 2.24) is 4.98 Å². The highest BCUT2D eigenvalue weighted by Crippen LogP contribution is 2.31. The van der Waals surface area contributed by atoms with Crippen molar-refractivity contribution in [3.8, 4) is 0 Å². The Kier molecular flexibility index (Phi) is 4.48. The highest BCUT2D eigenvalue weighted by Gasteiger charge is 2.39. The second-order valence-corrected chi connectivity index (χ2v) is 4.98. The van der Waals surface area contributed by atoms with E-state index in [0.29, 0.717) is 26.1 Å². The van der Waals surface area contributed by atoms with Gasteiger partial charge in [0.2, 0.25) is 5.91 Å². The molecule has 8 heteroatoms. The Morgan fingerprint density at radius 2 is 2.05 bits per heavy atom. The zero-order chi connectivity index (χ0) is 15.5. The van der Waals surface area contributed by atoms with Gasteiger partial charge in [0, 0.05) is 19.8 Å². The number of hydrogen-bond donors (Lipinski definition) is 2. The van der Waals surface area contributed by atoms with E-state index in [4.69, 9.17) is 10.5 Å². The van der Waals surface area contributed by atoms with Crippen LogP contribution in [0.15, 0.2) is 18.3 Å². The number of nitrogens with two attached hydrogens (primary N) is 1. The summed E-state index contributed by atoms with van der Waals surface area (Å²) in [6.45, 7) is 1.04. The van der Waals surface area contributed by atoms with E-state index in [1.807, 2.05) is 0 Å². The maximum atomic E-state index is 12.4. The number of halogens is 3. The lowest BCUT2D eigenvalue weighted by Gasteiger charge is -2.34. The van der Waals surface area contributed by atoms with Gasteiger partial charge in [-0.25, -0.2) is 4.98 Å². The summed E-state index contributed by atoms with van der Waals surface area (Å²) in [4.78, 5) is 15.6. The van der Waals surface area contributed by atoms with Crippen LogP contribution in [0.2, 0.25) is 0 Å². The molecule has 1 amide bonds. The molecular weight excluding hydrogens is 287 g/mol. The average Bonchev–Trinajstić information content (AvgIpc) is 2.47. The number of amides is 1. The minimum absolute atomic E-state index is 0.163. The van der Waals surface area contributed by atoms with E-state index in [1.54, 1.807) is 0 Å². The van der Waals surface area contributed by atoms with Gasteiger partial charge in [0.25, 0.3) is 0 Å². The fourth-order valence-electron chi connectivity index (χ4n) is 2.19. The third kappa shape index (κ3) is 3.51. The lowest BCUT2D eigenvalue weighted by atomic mass is 9.79. The van der Waals surface area contributed by atoms with E-state index in [-0.39, 0.29) is 18.1 Å². The molecule has 0 radical (unpaired) electrons. The van der Waals surface area contributed by atoms with Gasteiger partial charge in [0.05, 0.1) is 17.3 Å². The van der Waals surface area contributed by atoms with Gasteiger partial charge < -0.3 is 15.8 Å². The molecule has 0 aliphatic carbocycles. The molecule has 2 heterocycles. The first-order valence-corrected chi connectivity index (χ1v) is 6.50. The van der Waals surface area contributed by atoms with Crippen molar-refractivity contribution < 1.29 is 22.7 Å². The first kappa shape index (κ1) is 15.7. The molecular formula is C13H16F3N3O2. The van der Waals surface area contributed by atoms with E-state index in [9.17, 15) is 18.0 Å². The zero-order valence-electron chi connectivity index (χ0n) is 11.2. The molecule has 1 aliphatic heterocycles. The predicted molar refractivity (Wildman–Crippen MR) is 69.4 cm³/mol. The van der Waals surface area contributed by atoms with Crippen LogP contribution >= 0.6 is 0 Å². The van der Waals surface area contributed by atoms with E-state index in [2.05, 4.69) is 10.3 Å². The van der Waals surface area contributed by atoms with Crippen LogP contribution in [0, 0.1) is 5.41 Å². The topological polar surface area (TPSA) is 77.2 Å². The third-order valence-corrected chi connectivity index (χ3v) is 3.63. The summed E-state index contributed by atoms with van der Waals surface area (Å²) in [5, 5.41) is 2.58. The number of pyridine rings is 1. The lowest BCUT2D eigenvalue weighted by molar-refractivity contribution is -0.141. The normalized spacial score (nSPS) is 18.3. The second-order valence-electron chi connectivity index (χ2n) is 4.98. The van der Waals surface area contributed by atoms with Gasteiger partial charge in [-0.15, -0.1) is 0 Å². The van der Waals surface area contributed by atoms with Gasteiger partial charge >= 0.3 is 6.18 Å². The summed E-state index contributed by atoms with van der Waals surface area (Å²) >= 11 is 0. The van der Waals surface area contributed by atoms with Gasteiger partial charge in [-0.2, -0.15) is 13.2 Å². The summed E-state index contributed by atoms with van der Waals surface area (Å²) in [5.41, 5.74) is 4.17. The molecule has 0 spiro atoms. The van der Waals surface area contributed by atoms with E-state index in [0.717, 1.165) is 12.3 Å². The smallest absolute Gasteiger partial charge is 0.381 e. The highest BCUT2D eigenvalue weighted by atomic mass is 19.4. The number of carbonyl (C=O) groups is 1.